The van der Waals surface area contributed by atoms with Gasteiger partial charge in [-0.25, -0.2) is 0 Å². The summed E-state index contributed by atoms with van der Waals surface area (Å²) < 4.78 is 0.867. The molecule has 0 aliphatic rings. The third-order valence-electron chi connectivity index (χ3n) is 4.08. The van der Waals surface area contributed by atoms with Gasteiger partial charge in [0, 0.05) is 21.6 Å². The second-order valence-corrected chi connectivity index (χ2v) is 7.59. The van der Waals surface area contributed by atoms with Crippen molar-refractivity contribution in [3.8, 4) is 0 Å². The predicted molar refractivity (Wildman–Crippen MR) is 119 cm³/mol. The van der Waals surface area contributed by atoms with E-state index >= 15 is 0 Å². The number of nitrogens with one attached hydrogen (secondary N) is 2. The van der Waals surface area contributed by atoms with E-state index in [2.05, 4.69) is 26.6 Å². The molecule has 3 aromatic rings. The summed E-state index contributed by atoms with van der Waals surface area (Å²) in [5.41, 5.74) is 2.31. The molecular formula is C23H18BrClN2O2. The standard InChI is InChI=1S/C23H18BrClN2O2/c24-19-10-8-18(9-11-19)22(28)27-21(14-16-6-12-20(25)13-7-16)23(29)26-15-17-4-2-1-3-5-17/h1-14H,15H2,(H,26,29)(H,27,28)/b21-14+. The third kappa shape index (κ3) is 6.31. The van der Waals surface area contributed by atoms with Crippen LogP contribution >= 0.6 is 27.5 Å². The first-order valence-corrected chi connectivity index (χ1v) is 10.0. The van der Waals surface area contributed by atoms with Gasteiger partial charge >= 0.3 is 0 Å². The first kappa shape index (κ1) is 20.8. The summed E-state index contributed by atoms with van der Waals surface area (Å²) >= 11 is 9.28. The maximum absolute atomic E-state index is 12.8. The molecule has 2 amide bonds. The lowest BCUT2D eigenvalue weighted by Crippen LogP contribution is -2.34. The van der Waals surface area contributed by atoms with Gasteiger partial charge in [-0.1, -0.05) is 70.0 Å². The monoisotopic (exact) mass is 468 g/mol. The molecule has 0 radical (unpaired) electrons. The van der Waals surface area contributed by atoms with Gasteiger partial charge in [-0.15, -0.1) is 0 Å². The van der Waals surface area contributed by atoms with Gasteiger partial charge in [0.05, 0.1) is 0 Å². The molecule has 0 aromatic heterocycles. The fourth-order valence-electron chi connectivity index (χ4n) is 2.55. The first-order chi connectivity index (χ1) is 14.0. The van der Waals surface area contributed by atoms with Crippen LogP contribution in [0, 0.1) is 0 Å². The van der Waals surface area contributed by atoms with E-state index in [-0.39, 0.29) is 17.5 Å². The van der Waals surface area contributed by atoms with Gasteiger partial charge in [-0.05, 0) is 53.6 Å². The normalized spacial score (nSPS) is 11.0. The van der Waals surface area contributed by atoms with Crippen molar-refractivity contribution < 1.29 is 9.59 Å². The van der Waals surface area contributed by atoms with Crippen molar-refractivity contribution in [1.29, 1.82) is 0 Å². The molecule has 0 atom stereocenters. The SMILES string of the molecule is O=C(NCc1ccccc1)/C(=C\c1ccc(Cl)cc1)NC(=O)c1ccc(Br)cc1. The third-order valence-corrected chi connectivity index (χ3v) is 4.86. The molecule has 4 nitrogen and oxygen atoms in total. The summed E-state index contributed by atoms with van der Waals surface area (Å²) in [5.74, 6) is -0.748. The Morgan fingerprint density at radius 1 is 0.897 bits per heavy atom. The minimum absolute atomic E-state index is 0.149. The highest BCUT2D eigenvalue weighted by molar-refractivity contribution is 9.10. The molecular weight excluding hydrogens is 452 g/mol. The van der Waals surface area contributed by atoms with Crippen LogP contribution in [0.1, 0.15) is 21.5 Å². The van der Waals surface area contributed by atoms with E-state index in [1.165, 1.54) is 0 Å². The lowest BCUT2D eigenvalue weighted by molar-refractivity contribution is -0.117. The minimum atomic E-state index is -0.380. The molecule has 3 aromatic carbocycles. The molecule has 0 heterocycles. The molecule has 29 heavy (non-hydrogen) atoms. The van der Waals surface area contributed by atoms with E-state index in [4.69, 9.17) is 11.6 Å². The number of hydrogen-bond acceptors (Lipinski definition) is 2. The van der Waals surface area contributed by atoms with Gasteiger partial charge in [-0.2, -0.15) is 0 Å². The molecule has 2 N–H and O–H groups in total. The van der Waals surface area contributed by atoms with Crippen LogP contribution in [-0.2, 0) is 11.3 Å². The molecule has 146 valence electrons. The Balaban J connectivity index is 1.80. The van der Waals surface area contributed by atoms with Crippen molar-refractivity contribution in [2.45, 2.75) is 6.54 Å². The summed E-state index contributed by atoms with van der Waals surface area (Å²) in [6.45, 7) is 0.353. The second kappa shape index (κ2) is 10.0. The topological polar surface area (TPSA) is 58.2 Å². The predicted octanol–water partition coefficient (Wildman–Crippen LogP) is 5.19. The van der Waals surface area contributed by atoms with E-state index in [9.17, 15) is 9.59 Å². The van der Waals surface area contributed by atoms with Gasteiger partial charge in [-0.3, -0.25) is 9.59 Å². The average molecular weight is 470 g/mol. The Morgan fingerprint density at radius 3 is 2.21 bits per heavy atom. The molecule has 0 aliphatic carbocycles. The molecule has 6 heteroatoms. The van der Waals surface area contributed by atoms with E-state index in [0.717, 1.165) is 15.6 Å². The van der Waals surface area contributed by atoms with Crippen LogP contribution in [0.4, 0.5) is 0 Å². The Bertz CT molecular complexity index is 1020. The highest BCUT2D eigenvalue weighted by atomic mass is 79.9. The molecule has 0 bridgehead atoms. The number of amides is 2. The van der Waals surface area contributed by atoms with E-state index < -0.39 is 0 Å². The largest absolute Gasteiger partial charge is 0.347 e. The van der Waals surface area contributed by atoms with Crippen LogP contribution in [0.15, 0.2) is 89.0 Å². The highest BCUT2D eigenvalue weighted by Crippen LogP contribution is 2.14. The Morgan fingerprint density at radius 2 is 1.55 bits per heavy atom. The lowest BCUT2D eigenvalue weighted by atomic mass is 10.1. The average Bonchev–Trinajstić information content (AvgIpc) is 2.74. The zero-order chi connectivity index (χ0) is 20.6. The number of halogens is 2. The second-order valence-electron chi connectivity index (χ2n) is 6.24. The maximum Gasteiger partial charge on any atom is 0.268 e. The van der Waals surface area contributed by atoms with Gasteiger partial charge < -0.3 is 10.6 Å². The van der Waals surface area contributed by atoms with Crippen LogP contribution in [0.2, 0.25) is 5.02 Å². The van der Waals surface area contributed by atoms with Crippen LogP contribution < -0.4 is 10.6 Å². The Hall–Kier alpha value is -2.89. The zero-order valence-corrected chi connectivity index (χ0v) is 17.7. The molecule has 0 spiro atoms. The Labute approximate surface area is 182 Å². The number of benzene rings is 3. The summed E-state index contributed by atoms with van der Waals surface area (Å²) in [5, 5.41) is 6.15. The summed E-state index contributed by atoms with van der Waals surface area (Å²) in [6.07, 6.45) is 1.62. The van der Waals surface area contributed by atoms with Crippen molar-refractivity contribution in [2.75, 3.05) is 0 Å². The molecule has 0 saturated heterocycles. The molecule has 0 aliphatic heterocycles. The van der Waals surface area contributed by atoms with Gasteiger partial charge in [0.25, 0.3) is 11.8 Å². The summed E-state index contributed by atoms with van der Waals surface area (Å²) in [6, 6.07) is 23.5. The molecule has 0 fully saturated rings. The number of rotatable bonds is 6. The van der Waals surface area contributed by atoms with Gasteiger partial charge in [0.1, 0.15) is 5.70 Å². The number of carbonyl (C=O) groups is 2. The molecule has 3 rings (SSSR count). The van der Waals surface area contributed by atoms with Crippen molar-refractivity contribution in [3.05, 3.63) is 111 Å². The highest BCUT2D eigenvalue weighted by Gasteiger charge is 2.14. The summed E-state index contributed by atoms with van der Waals surface area (Å²) in [7, 11) is 0. The van der Waals surface area contributed by atoms with Crippen molar-refractivity contribution in [2.24, 2.45) is 0 Å². The smallest absolute Gasteiger partial charge is 0.268 e. The fraction of sp³-hybridized carbons (Fsp3) is 0.0435. The van der Waals surface area contributed by atoms with Crippen LogP contribution in [-0.4, -0.2) is 11.8 Å². The summed E-state index contributed by atoms with van der Waals surface area (Å²) in [4.78, 5) is 25.4. The lowest BCUT2D eigenvalue weighted by Gasteiger charge is -2.11. The quantitative estimate of drug-likeness (QED) is 0.488. The van der Waals surface area contributed by atoms with E-state index in [1.807, 2.05) is 30.3 Å². The van der Waals surface area contributed by atoms with E-state index in [0.29, 0.717) is 17.1 Å². The first-order valence-electron chi connectivity index (χ1n) is 8.87. The number of hydrogen-bond donors (Lipinski definition) is 2. The molecule has 0 unspecified atom stereocenters. The minimum Gasteiger partial charge on any atom is -0.347 e. The zero-order valence-electron chi connectivity index (χ0n) is 15.4. The van der Waals surface area contributed by atoms with Crippen molar-refractivity contribution >= 4 is 45.4 Å². The number of carbonyl (C=O) groups excluding carboxylic acids is 2. The van der Waals surface area contributed by atoms with Crippen LogP contribution in [0.5, 0.6) is 0 Å². The van der Waals surface area contributed by atoms with Gasteiger partial charge in [0.15, 0.2) is 0 Å². The fourth-order valence-corrected chi connectivity index (χ4v) is 2.94. The van der Waals surface area contributed by atoms with Crippen molar-refractivity contribution in [3.63, 3.8) is 0 Å². The Kier molecular flexibility index (Phi) is 7.22. The van der Waals surface area contributed by atoms with Gasteiger partial charge in [0.2, 0.25) is 0 Å². The van der Waals surface area contributed by atoms with E-state index in [1.54, 1.807) is 54.6 Å². The van der Waals surface area contributed by atoms with Crippen LogP contribution in [0.25, 0.3) is 6.08 Å². The maximum atomic E-state index is 12.8. The van der Waals surface area contributed by atoms with Crippen LogP contribution in [0.3, 0.4) is 0 Å². The molecule has 0 saturated carbocycles. The van der Waals surface area contributed by atoms with Crippen molar-refractivity contribution in [1.82, 2.24) is 10.6 Å².